The van der Waals surface area contributed by atoms with Gasteiger partial charge in [-0.3, -0.25) is 14.2 Å². The molecule has 0 aliphatic heterocycles. The molecule has 1 amide bonds. The van der Waals surface area contributed by atoms with Crippen LogP contribution in [-0.4, -0.2) is 21.2 Å². The van der Waals surface area contributed by atoms with E-state index >= 15 is 0 Å². The molecule has 2 heterocycles. The topological polar surface area (TPSA) is 78.0 Å². The average molecular weight is 357 g/mol. The highest BCUT2D eigenvalue weighted by Gasteiger charge is 2.17. The maximum absolute atomic E-state index is 13.0. The van der Waals surface area contributed by atoms with Crippen LogP contribution < -0.4 is 11.3 Å². The van der Waals surface area contributed by atoms with Gasteiger partial charge in [0, 0.05) is 17.5 Å². The number of nitrogens with two attached hydrogens (primary N) is 1. The lowest BCUT2D eigenvalue weighted by Gasteiger charge is -2.10. The van der Waals surface area contributed by atoms with Crippen LogP contribution in [0.15, 0.2) is 58.3 Å². The van der Waals surface area contributed by atoms with Crippen LogP contribution in [-0.2, 0) is 11.3 Å². The minimum absolute atomic E-state index is 0.0754. The van der Waals surface area contributed by atoms with Gasteiger partial charge in [-0.15, -0.1) is 17.9 Å². The monoisotopic (exact) mass is 357 g/mol. The summed E-state index contributed by atoms with van der Waals surface area (Å²) in [6, 6.07) is 9.74. The van der Waals surface area contributed by atoms with E-state index in [9.17, 15) is 9.59 Å². The molecule has 0 aliphatic carbocycles. The van der Waals surface area contributed by atoms with E-state index in [-0.39, 0.29) is 11.3 Å². The third kappa shape index (κ3) is 3.13. The first-order valence-electron chi connectivity index (χ1n) is 7.21. The van der Waals surface area contributed by atoms with E-state index in [1.807, 2.05) is 35.7 Å². The SMILES string of the molecule is C=CCn1c(SCC(N)=O)nc2scc(-c3ccccc3)c2c1=O. The van der Waals surface area contributed by atoms with Crippen molar-refractivity contribution in [3.05, 3.63) is 58.7 Å². The Morgan fingerprint density at radius 1 is 1.38 bits per heavy atom. The number of rotatable bonds is 6. The maximum atomic E-state index is 13.0. The van der Waals surface area contributed by atoms with Gasteiger partial charge in [0.1, 0.15) is 4.83 Å². The molecule has 0 saturated carbocycles. The number of hydrogen-bond donors (Lipinski definition) is 1. The van der Waals surface area contributed by atoms with Crippen LogP contribution in [0.25, 0.3) is 21.3 Å². The molecule has 0 aliphatic rings. The molecule has 0 radical (unpaired) electrons. The zero-order chi connectivity index (χ0) is 17.1. The number of hydrogen-bond acceptors (Lipinski definition) is 5. The summed E-state index contributed by atoms with van der Waals surface area (Å²) in [4.78, 5) is 29.3. The molecule has 122 valence electrons. The van der Waals surface area contributed by atoms with Crippen molar-refractivity contribution >= 4 is 39.2 Å². The number of carbonyl (C=O) groups is 1. The Bertz CT molecular complexity index is 961. The highest BCUT2D eigenvalue weighted by Crippen LogP contribution is 2.32. The summed E-state index contributed by atoms with van der Waals surface area (Å²) in [6.07, 6.45) is 1.64. The second-order valence-corrected chi connectivity index (χ2v) is 6.85. The van der Waals surface area contributed by atoms with Crippen LogP contribution in [0.2, 0.25) is 0 Å². The van der Waals surface area contributed by atoms with Gasteiger partial charge in [-0.1, -0.05) is 48.2 Å². The van der Waals surface area contributed by atoms with E-state index < -0.39 is 5.91 Å². The summed E-state index contributed by atoms with van der Waals surface area (Å²) in [5.41, 5.74) is 6.92. The van der Waals surface area contributed by atoms with Crippen molar-refractivity contribution < 1.29 is 4.79 Å². The Hall–Kier alpha value is -2.38. The van der Waals surface area contributed by atoms with Crippen LogP contribution in [0.1, 0.15) is 0 Å². The van der Waals surface area contributed by atoms with Crippen molar-refractivity contribution in [2.24, 2.45) is 5.73 Å². The molecular formula is C17H15N3O2S2. The average Bonchev–Trinajstić information content (AvgIpc) is 3.01. The number of nitrogens with zero attached hydrogens (tertiary/aromatic N) is 2. The highest BCUT2D eigenvalue weighted by molar-refractivity contribution is 7.99. The molecule has 0 fully saturated rings. The Kier molecular flexibility index (Phi) is 4.82. The second-order valence-electron chi connectivity index (χ2n) is 5.05. The van der Waals surface area contributed by atoms with Crippen molar-refractivity contribution in [2.45, 2.75) is 11.7 Å². The molecule has 2 aromatic heterocycles. The summed E-state index contributed by atoms with van der Waals surface area (Å²) in [7, 11) is 0. The molecule has 3 aromatic rings. The normalized spacial score (nSPS) is 10.8. The Morgan fingerprint density at radius 3 is 2.79 bits per heavy atom. The van der Waals surface area contributed by atoms with E-state index in [0.29, 0.717) is 21.9 Å². The van der Waals surface area contributed by atoms with Gasteiger partial charge in [0.15, 0.2) is 5.16 Å². The summed E-state index contributed by atoms with van der Waals surface area (Å²) in [5.74, 6) is -0.373. The van der Waals surface area contributed by atoms with Gasteiger partial charge in [0.25, 0.3) is 5.56 Å². The number of fused-ring (bicyclic) bond motifs is 1. The molecule has 2 N–H and O–H groups in total. The first-order valence-corrected chi connectivity index (χ1v) is 9.07. The van der Waals surface area contributed by atoms with Crippen LogP contribution in [0.3, 0.4) is 0 Å². The predicted molar refractivity (Wildman–Crippen MR) is 99.4 cm³/mol. The molecular weight excluding hydrogens is 342 g/mol. The van der Waals surface area contributed by atoms with Gasteiger partial charge in [0.05, 0.1) is 11.1 Å². The fourth-order valence-electron chi connectivity index (χ4n) is 2.37. The second kappa shape index (κ2) is 7.02. The number of carbonyl (C=O) groups excluding carboxylic acids is 1. The number of amides is 1. The largest absolute Gasteiger partial charge is 0.369 e. The van der Waals surface area contributed by atoms with E-state index in [1.165, 1.54) is 27.7 Å². The first kappa shape index (κ1) is 16.5. The fraction of sp³-hybridized carbons (Fsp3) is 0.118. The van der Waals surface area contributed by atoms with Crippen LogP contribution >= 0.6 is 23.1 Å². The first-order chi connectivity index (χ1) is 11.6. The van der Waals surface area contributed by atoms with E-state index in [2.05, 4.69) is 11.6 Å². The Balaban J connectivity index is 2.20. The fourth-order valence-corrected chi connectivity index (χ4v) is 4.11. The van der Waals surface area contributed by atoms with Crippen LogP contribution in [0, 0.1) is 0 Å². The lowest BCUT2D eigenvalue weighted by molar-refractivity contribution is -0.115. The number of thioether (sulfide) groups is 1. The molecule has 1 aromatic carbocycles. The lowest BCUT2D eigenvalue weighted by Crippen LogP contribution is -2.23. The maximum Gasteiger partial charge on any atom is 0.263 e. The Morgan fingerprint density at radius 2 is 2.12 bits per heavy atom. The quantitative estimate of drug-likeness (QED) is 0.418. The van der Waals surface area contributed by atoms with Crippen molar-refractivity contribution in [3.63, 3.8) is 0 Å². The Labute approximate surface area is 146 Å². The summed E-state index contributed by atoms with van der Waals surface area (Å²) < 4.78 is 1.53. The van der Waals surface area contributed by atoms with Crippen molar-refractivity contribution in [1.82, 2.24) is 9.55 Å². The molecule has 3 rings (SSSR count). The van der Waals surface area contributed by atoms with Gasteiger partial charge in [0.2, 0.25) is 5.91 Å². The van der Waals surface area contributed by atoms with Crippen LogP contribution in [0.5, 0.6) is 0 Å². The molecule has 0 saturated heterocycles. The highest BCUT2D eigenvalue weighted by atomic mass is 32.2. The van der Waals surface area contributed by atoms with Crippen molar-refractivity contribution in [1.29, 1.82) is 0 Å². The smallest absolute Gasteiger partial charge is 0.263 e. The molecule has 0 atom stereocenters. The number of allylic oxidation sites excluding steroid dienone is 1. The zero-order valence-corrected chi connectivity index (χ0v) is 14.4. The molecule has 7 heteroatoms. The summed E-state index contributed by atoms with van der Waals surface area (Å²) in [5, 5.41) is 3.01. The lowest BCUT2D eigenvalue weighted by atomic mass is 10.1. The van der Waals surface area contributed by atoms with Crippen molar-refractivity contribution in [2.75, 3.05) is 5.75 Å². The molecule has 0 unspecified atom stereocenters. The molecule has 0 bridgehead atoms. The zero-order valence-electron chi connectivity index (χ0n) is 12.8. The van der Waals surface area contributed by atoms with E-state index in [1.54, 1.807) is 6.08 Å². The summed E-state index contributed by atoms with van der Waals surface area (Å²) >= 11 is 2.58. The van der Waals surface area contributed by atoms with E-state index in [4.69, 9.17) is 5.73 Å². The minimum Gasteiger partial charge on any atom is -0.369 e. The predicted octanol–water partition coefficient (Wildman–Crippen LogP) is 2.89. The molecule has 0 spiro atoms. The third-order valence-corrected chi connectivity index (χ3v) is 5.27. The van der Waals surface area contributed by atoms with Gasteiger partial charge in [-0.25, -0.2) is 4.98 Å². The van der Waals surface area contributed by atoms with Gasteiger partial charge < -0.3 is 5.73 Å². The number of primary amides is 1. The number of benzene rings is 1. The van der Waals surface area contributed by atoms with Gasteiger partial charge >= 0.3 is 0 Å². The standard InChI is InChI=1S/C17H15N3O2S2/c1-2-8-20-16(22)14-12(11-6-4-3-5-7-11)9-23-15(14)19-17(20)24-10-13(18)21/h2-7,9H,1,8,10H2,(H2,18,21). The number of thiophene rings is 1. The number of aromatic nitrogens is 2. The van der Waals surface area contributed by atoms with Gasteiger partial charge in [-0.2, -0.15) is 0 Å². The summed E-state index contributed by atoms with van der Waals surface area (Å²) in [6.45, 7) is 4.02. The van der Waals surface area contributed by atoms with E-state index in [0.717, 1.165) is 11.1 Å². The van der Waals surface area contributed by atoms with Crippen molar-refractivity contribution in [3.8, 4) is 11.1 Å². The third-order valence-electron chi connectivity index (χ3n) is 3.40. The van der Waals surface area contributed by atoms with Crippen LogP contribution in [0.4, 0.5) is 0 Å². The minimum atomic E-state index is -0.448. The molecule has 5 nitrogen and oxygen atoms in total. The molecule has 24 heavy (non-hydrogen) atoms. The van der Waals surface area contributed by atoms with Gasteiger partial charge in [-0.05, 0) is 5.56 Å².